The summed E-state index contributed by atoms with van der Waals surface area (Å²) in [4.78, 5) is 34.9. The molecule has 4 N–H and O–H groups in total. The molecule has 0 bridgehead atoms. The summed E-state index contributed by atoms with van der Waals surface area (Å²) in [6.45, 7) is 0. The van der Waals surface area contributed by atoms with Crippen LogP contribution in [0.5, 0.6) is 0 Å². The first-order valence-electron chi connectivity index (χ1n) is 6.93. The highest BCUT2D eigenvalue weighted by atomic mass is 16.4. The number of nitrogens with two attached hydrogens (primary N) is 1. The molecule has 0 saturated heterocycles. The van der Waals surface area contributed by atoms with Gasteiger partial charge in [-0.05, 0) is 25.0 Å². The molecule has 2 rings (SSSR count). The molecule has 6 nitrogen and oxygen atoms in total. The van der Waals surface area contributed by atoms with Crippen molar-refractivity contribution in [1.29, 1.82) is 0 Å². The third-order valence-electron chi connectivity index (χ3n) is 3.87. The van der Waals surface area contributed by atoms with Gasteiger partial charge in [0.2, 0.25) is 5.91 Å². The maximum Gasteiger partial charge on any atom is 0.307 e. The number of aliphatic carboxylic acids is 1. The van der Waals surface area contributed by atoms with Crippen LogP contribution in [0, 0.1) is 11.8 Å². The van der Waals surface area contributed by atoms with Gasteiger partial charge in [-0.3, -0.25) is 14.4 Å². The number of carboxylic acids is 1. The van der Waals surface area contributed by atoms with E-state index in [1.54, 1.807) is 18.2 Å². The van der Waals surface area contributed by atoms with Crippen LogP contribution < -0.4 is 11.1 Å². The summed E-state index contributed by atoms with van der Waals surface area (Å²) < 4.78 is 0. The molecule has 0 aliphatic heterocycles. The lowest BCUT2D eigenvalue weighted by Gasteiger charge is -2.27. The lowest BCUT2D eigenvalue weighted by atomic mass is 9.78. The number of hydrogen-bond acceptors (Lipinski definition) is 3. The highest BCUT2D eigenvalue weighted by Crippen LogP contribution is 2.31. The van der Waals surface area contributed by atoms with E-state index in [4.69, 9.17) is 5.73 Å². The van der Waals surface area contributed by atoms with E-state index in [0.717, 1.165) is 12.8 Å². The number of anilines is 1. The topological polar surface area (TPSA) is 109 Å². The van der Waals surface area contributed by atoms with E-state index in [1.165, 1.54) is 6.07 Å². The number of primary amides is 1. The van der Waals surface area contributed by atoms with Gasteiger partial charge in [-0.25, -0.2) is 0 Å². The molecule has 0 aromatic heterocycles. The second-order valence-corrected chi connectivity index (χ2v) is 5.23. The Kier molecular flexibility index (Phi) is 4.57. The molecule has 0 heterocycles. The third kappa shape index (κ3) is 3.39. The first-order chi connectivity index (χ1) is 10.0. The number of carboxylic acid groups (broad SMARTS) is 1. The van der Waals surface area contributed by atoms with Gasteiger partial charge in [0, 0.05) is 0 Å². The van der Waals surface area contributed by atoms with Crippen molar-refractivity contribution in [1.82, 2.24) is 0 Å². The van der Waals surface area contributed by atoms with Crippen molar-refractivity contribution in [3.63, 3.8) is 0 Å². The second kappa shape index (κ2) is 6.39. The highest BCUT2D eigenvalue weighted by Gasteiger charge is 2.35. The molecule has 0 unspecified atom stereocenters. The average molecular weight is 290 g/mol. The fraction of sp³-hybridized carbons (Fsp3) is 0.400. The molecule has 1 aliphatic carbocycles. The van der Waals surface area contributed by atoms with E-state index in [2.05, 4.69) is 5.32 Å². The van der Waals surface area contributed by atoms with Gasteiger partial charge in [-0.1, -0.05) is 25.0 Å². The summed E-state index contributed by atoms with van der Waals surface area (Å²) in [5.41, 5.74) is 5.80. The normalized spacial score (nSPS) is 21.5. The molecule has 21 heavy (non-hydrogen) atoms. The van der Waals surface area contributed by atoms with Crippen LogP contribution in [0.4, 0.5) is 5.69 Å². The van der Waals surface area contributed by atoms with Crippen molar-refractivity contribution in [2.75, 3.05) is 5.32 Å². The summed E-state index contributed by atoms with van der Waals surface area (Å²) in [5, 5.41) is 11.9. The maximum absolute atomic E-state index is 12.3. The summed E-state index contributed by atoms with van der Waals surface area (Å²) in [7, 11) is 0. The average Bonchev–Trinajstić information content (AvgIpc) is 2.47. The van der Waals surface area contributed by atoms with Crippen molar-refractivity contribution in [2.24, 2.45) is 17.6 Å². The summed E-state index contributed by atoms with van der Waals surface area (Å²) in [5.74, 6) is -3.19. The zero-order valence-corrected chi connectivity index (χ0v) is 11.5. The van der Waals surface area contributed by atoms with Crippen LogP contribution >= 0.6 is 0 Å². The third-order valence-corrected chi connectivity index (χ3v) is 3.87. The minimum absolute atomic E-state index is 0.216. The minimum atomic E-state index is -0.946. The van der Waals surface area contributed by atoms with E-state index in [1.807, 2.05) is 0 Å². The molecular weight excluding hydrogens is 272 g/mol. The molecule has 2 atom stereocenters. The summed E-state index contributed by atoms with van der Waals surface area (Å²) in [6.07, 6.45) is 2.70. The largest absolute Gasteiger partial charge is 0.481 e. The highest BCUT2D eigenvalue weighted by molar-refractivity contribution is 6.04. The number of benzene rings is 1. The van der Waals surface area contributed by atoms with Gasteiger partial charge >= 0.3 is 5.97 Å². The van der Waals surface area contributed by atoms with Crippen LogP contribution in [0.15, 0.2) is 24.3 Å². The Morgan fingerprint density at radius 2 is 1.71 bits per heavy atom. The van der Waals surface area contributed by atoms with Gasteiger partial charge in [0.05, 0.1) is 23.1 Å². The van der Waals surface area contributed by atoms with Crippen molar-refractivity contribution in [2.45, 2.75) is 25.7 Å². The van der Waals surface area contributed by atoms with E-state index in [9.17, 15) is 19.5 Å². The standard InChI is InChI=1S/C15H18N2O4/c16-13(18)11-7-3-4-8-12(11)17-14(19)9-5-1-2-6-10(9)15(20)21/h3-4,7-10H,1-2,5-6H2,(H2,16,18)(H,17,19)(H,20,21)/t9-,10-/m1/s1. The van der Waals surface area contributed by atoms with Gasteiger partial charge in [-0.15, -0.1) is 0 Å². The number of nitrogens with one attached hydrogen (secondary N) is 1. The molecule has 1 fully saturated rings. The Hall–Kier alpha value is -2.37. The van der Waals surface area contributed by atoms with Crippen LogP contribution in [-0.4, -0.2) is 22.9 Å². The Morgan fingerprint density at radius 3 is 2.33 bits per heavy atom. The predicted molar refractivity (Wildman–Crippen MR) is 76.7 cm³/mol. The zero-order valence-electron chi connectivity index (χ0n) is 11.5. The molecule has 1 aliphatic rings. The van der Waals surface area contributed by atoms with Gasteiger partial charge in [-0.2, -0.15) is 0 Å². The Labute approximate surface area is 122 Å². The lowest BCUT2D eigenvalue weighted by Crippen LogP contribution is -2.36. The van der Waals surface area contributed by atoms with Gasteiger partial charge in [0.1, 0.15) is 0 Å². The van der Waals surface area contributed by atoms with Gasteiger partial charge in [0.25, 0.3) is 5.91 Å². The number of rotatable bonds is 4. The fourth-order valence-corrected chi connectivity index (χ4v) is 2.77. The molecule has 6 heteroatoms. The molecule has 2 amide bonds. The lowest BCUT2D eigenvalue weighted by molar-refractivity contribution is -0.147. The van der Waals surface area contributed by atoms with Crippen molar-refractivity contribution < 1.29 is 19.5 Å². The molecular formula is C15H18N2O4. The number of para-hydroxylation sites is 1. The van der Waals surface area contributed by atoms with Crippen molar-refractivity contribution in [3.05, 3.63) is 29.8 Å². The summed E-state index contributed by atoms with van der Waals surface area (Å²) >= 11 is 0. The van der Waals surface area contributed by atoms with Crippen molar-refractivity contribution >= 4 is 23.5 Å². The molecule has 1 saturated carbocycles. The SMILES string of the molecule is NC(=O)c1ccccc1NC(=O)[C@@H]1CCCC[C@H]1C(=O)O. The van der Waals surface area contributed by atoms with Gasteiger partial charge < -0.3 is 16.2 Å². The zero-order chi connectivity index (χ0) is 15.4. The molecule has 0 spiro atoms. The van der Waals surface area contributed by atoms with Gasteiger partial charge in [0.15, 0.2) is 0 Å². The number of carbonyl (C=O) groups excluding carboxylic acids is 2. The van der Waals surface area contributed by atoms with E-state index >= 15 is 0 Å². The molecule has 0 radical (unpaired) electrons. The maximum atomic E-state index is 12.3. The van der Waals surface area contributed by atoms with Crippen LogP contribution in [0.2, 0.25) is 0 Å². The first kappa shape index (κ1) is 15.0. The molecule has 112 valence electrons. The molecule has 1 aromatic rings. The smallest absolute Gasteiger partial charge is 0.307 e. The van der Waals surface area contributed by atoms with Crippen LogP contribution in [-0.2, 0) is 9.59 Å². The van der Waals surface area contributed by atoms with E-state index < -0.39 is 23.7 Å². The van der Waals surface area contributed by atoms with Crippen LogP contribution in [0.3, 0.4) is 0 Å². The van der Waals surface area contributed by atoms with Crippen LogP contribution in [0.25, 0.3) is 0 Å². The minimum Gasteiger partial charge on any atom is -0.481 e. The number of amides is 2. The molecule has 1 aromatic carbocycles. The van der Waals surface area contributed by atoms with E-state index in [-0.39, 0.29) is 11.5 Å². The fourth-order valence-electron chi connectivity index (χ4n) is 2.77. The monoisotopic (exact) mass is 290 g/mol. The Bertz CT molecular complexity index is 571. The number of carbonyl (C=O) groups is 3. The second-order valence-electron chi connectivity index (χ2n) is 5.23. The van der Waals surface area contributed by atoms with E-state index in [0.29, 0.717) is 18.5 Å². The number of hydrogen-bond donors (Lipinski definition) is 3. The van der Waals surface area contributed by atoms with Crippen molar-refractivity contribution in [3.8, 4) is 0 Å². The Morgan fingerprint density at radius 1 is 1.10 bits per heavy atom. The first-order valence-corrected chi connectivity index (χ1v) is 6.93. The Balaban J connectivity index is 2.17. The quantitative estimate of drug-likeness (QED) is 0.782. The van der Waals surface area contributed by atoms with Crippen LogP contribution in [0.1, 0.15) is 36.0 Å². The summed E-state index contributed by atoms with van der Waals surface area (Å²) in [6, 6.07) is 6.43. The predicted octanol–water partition coefficient (Wildman–Crippen LogP) is 1.61.